The Morgan fingerprint density at radius 3 is 2.74 bits per heavy atom. The molecule has 4 rings (SSSR count). The van der Waals surface area contributed by atoms with E-state index in [1.54, 1.807) is 37.2 Å². The minimum absolute atomic E-state index is 0.0363. The van der Waals surface area contributed by atoms with Gasteiger partial charge < -0.3 is 14.8 Å². The Labute approximate surface area is 161 Å². The molecule has 1 aromatic carbocycles. The number of hydrogen-bond donors (Lipinski definition) is 1. The van der Waals surface area contributed by atoms with E-state index in [-0.39, 0.29) is 5.56 Å². The topological polar surface area (TPSA) is 65.4 Å². The molecule has 0 saturated carbocycles. The van der Waals surface area contributed by atoms with Crippen LogP contribution in [0.1, 0.15) is 28.8 Å². The van der Waals surface area contributed by atoms with Gasteiger partial charge in [-0.05, 0) is 48.9 Å². The SMILES string of the molecule is COc1ccc(CNc2nc3sc4c(c3c(=O)n2C)CCCC4)cc1OC. The summed E-state index contributed by atoms with van der Waals surface area (Å²) in [6.45, 7) is 0.539. The number of benzene rings is 1. The van der Waals surface area contributed by atoms with Crippen LogP contribution in [0.4, 0.5) is 5.95 Å². The Hall–Kier alpha value is -2.54. The molecule has 1 aliphatic carbocycles. The average molecular weight is 385 g/mol. The largest absolute Gasteiger partial charge is 0.493 e. The standard InChI is InChI=1S/C20H23N3O3S/c1-23-19(24)17-13-6-4-5-7-16(13)27-18(17)22-20(23)21-11-12-8-9-14(25-2)15(10-12)26-3/h8-10H,4-7,11H2,1-3H3,(H,21,22). The third kappa shape index (κ3) is 3.16. The van der Waals surface area contributed by atoms with Crippen LogP contribution < -0.4 is 20.3 Å². The zero-order valence-corrected chi connectivity index (χ0v) is 16.6. The molecular formula is C20H23N3O3S. The highest BCUT2D eigenvalue weighted by molar-refractivity contribution is 7.18. The highest BCUT2D eigenvalue weighted by atomic mass is 32.1. The van der Waals surface area contributed by atoms with Gasteiger partial charge in [-0.3, -0.25) is 9.36 Å². The number of rotatable bonds is 5. The zero-order chi connectivity index (χ0) is 19.0. The van der Waals surface area contributed by atoms with Crippen molar-refractivity contribution in [3.8, 4) is 11.5 Å². The van der Waals surface area contributed by atoms with Crippen molar-refractivity contribution >= 4 is 27.5 Å². The lowest BCUT2D eigenvalue weighted by molar-refractivity contribution is 0.354. The minimum Gasteiger partial charge on any atom is -0.493 e. The summed E-state index contributed by atoms with van der Waals surface area (Å²) >= 11 is 1.67. The Bertz CT molecular complexity index is 1050. The van der Waals surface area contributed by atoms with Gasteiger partial charge in [-0.1, -0.05) is 6.07 Å². The molecule has 27 heavy (non-hydrogen) atoms. The second kappa shape index (κ2) is 7.23. The summed E-state index contributed by atoms with van der Waals surface area (Å²) in [5.74, 6) is 1.96. The van der Waals surface area contributed by atoms with Gasteiger partial charge in [0.05, 0.1) is 19.6 Å². The van der Waals surface area contributed by atoms with Crippen molar-refractivity contribution in [2.24, 2.45) is 7.05 Å². The molecule has 0 radical (unpaired) electrons. The lowest BCUT2D eigenvalue weighted by Gasteiger charge is -2.13. The second-order valence-electron chi connectivity index (χ2n) is 6.73. The van der Waals surface area contributed by atoms with Crippen LogP contribution in [-0.2, 0) is 26.4 Å². The van der Waals surface area contributed by atoms with Crippen molar-refractivity contribution in [1.29, 1.82) is 0 Å². The summed E-state index contributed by atoms with van der Waals surface area (Å²) in [7, 11) is 5.01. The molecule has 142 valence electrons. The first-order chi connectivity index (χ1) is 13.1. The van der Waals surface area contributed by atoms with Crippen molar-refractivity contribution in [1.82, 2.24) is 9.55 Å². The van der Waals surface area contributed by atoms with Crippen molar-refractivity contribution in [2.75, 3.05) is 19.5 Å². The first-order valence-corrected chi connectivity index (χ1v) is 9.90. The van der Waals surface area contributed by atoms with Gasteiger partial charge in [0.1, 0.15) is 4.83 Å². The monoisotopic (exact) mass is 385 g/mol. The third-order valence-electron chi connectivity index (χ3n) is 5.09. The van der Waals surface area contributed by atoms with E-state index in [0.717, 1.165) is 35.0 Å². The van der Waals surface area contributed by atoms with E-state index in [9.17, 15) is 4.79 Å². The summed E-state index contributed by atoms with van der Waals surface area (Å²) < 4.78 is 12.2. The van der Waals surface area contributed by atoms with E-state index in [2.05, 4.69) is 5.32 Å². The van der Waals surface area contributed by atoms with Crippen molar-refractivity contribution < 1.29 is 9.47 Å². The Kier molecular flexibility index (Phi) is 4.78. The molecule has 0 unspecified atom stereocenters. The van der Waals surface area contributed by atoms with Gasteiger partial charge in [0.15, 0.2) is 11.5 Å². The van der Waals surface area contributed by atoms with Crippen LogP contribution in [0.25, 0.3) is 10.2 Å². The normalized spacial score (nSPS) is 13.4. The number of anilines is 1. The van der Waals surface area contributed by atoms with Crippen LogP contribution in [0.5, 0.6) is 11.5 Å². The average Bonchev–Trinajstić information content (AvgIpc) is 3.07. The Balaban J connectivity index is 1.65. The van der Waals surface area contributed by atoms with E-state index in [1.807, 2.05) is 18.2 Å². The number of ether oxygens (including phenoxy) is 2. The van der Waals surface area contributed by atoms with Gasteiger partial charge in [0.2, 0.25) is 5.95 Å². The summed E-state index contributed by atoms with van der Waals surface area (Å²) in [5.41, 5.74) is 2.28. The first kappa shape index (κ1) is 17.9. The number of methoxy groups -OCH3 is 2. The lowest BCUT2D eigenvalue weighted by atomic mass is 9.97. The molecule has 0 amide bonds. The van der Waals surface area contributed by atoms with E-state index in [1.165, 1.54) is 16.9 Å². The maximum absolute atomic E-state index is 12.9. The van der Waals surface area contributed by atoms with Crippen molar-refractivity contribution in [3.63, 3.8) is 0 Å². The lowest BCUT2D eigenvalue weighted by Crippen LogP contribution is -2.22. The molecule has 0 atom stereocenters. The molecule has 0 bridgehead atoms. The molecule has 3 aromatic rings. The molecule has 7 heteroatoms. The Morgan fingerprint density at radius 1 is 1.19 bits per heavy atom. The molecule has 2 heterocycles. The van der Waals surface area contributed by atoms with Crippen LogP contribution in [-0.4, -0.2) is 23.8 Å². The van der Waals surface area contributed by atoms with E-state index in [0.29, 0.717) is 24.0 Å². The van der Waals surface area contributed by atoms with Gasteiger partial charge in [0.25, 0.3) is 5.56 Å². The number of nitrogens with one attached hydrogen (secondary N) is 1. The molecule has 1 aliphatic rings. The molecular weight excluding hydrogens is 362 g/mol. The molecule has 1 N–H and O–H groups in total. The molecule has 6 nitrogen and oxygen atoms in total. The highest BCUT2D eigenvalue weighted by Gasteiger charge is 2.21. The smallest absolute Gasteiger partial charge is 0.263 e. The minimum atomic E-state index is 0.0363. The van der Waals surface area contributed by atoms with Gasteiger partial charge >= 0.3 is 0 Å². The fourth-order valence-electron chi connectivity index (χ4n) is 3.62. The van der Waals surface area contributed by atoms with Gasteiger partial charge in [-0.2, -0.15) is 0 Å². The fraction of sp³-hybridized carbons (Fsp3) is 0.400. The van der Waals surface area contributed by atoms with Gasteiger partial charge in [-0.15, -0.1) is 11.3 Å². The predicted molar refractivity (Wildman–Crippen MR) is 108 cm³/mol. The van der Waals surface area contributed by atoms with Gasteiger partial charge in [-0.25, -0.2) is 4.98 Å². The van der Waals surface area contributed by atoms with Gasteiger partial charge in [0, 0.05) is 18.5 Å². The number of hydrogen-bond acceptors (Lipinski definition) is 6. The predicted octanol–water partition coefficient (Wildman–Crippen LogP) is 3.50. The van der Waals surface area contributed by atoms with Crippen molar-refractivity contribution in [2.45, 2.75) is 32.2 Å². The molecule has 0 saturated heterocycles. The van der Waals surface area contributed by atoms with Crippen LogP contribution in [0, 0.1) is 0 Å². The maximum Gasteiger partial charge on any atom is 0.263 e. The summed E-state index contributed by atoms with van der Waals surface area (Å²) in [6, 6.07) is 5.76. The second-order valence-corrected chi connectivity index (χ2v) is 7.82. The van der Waals surface area contributed by atoms with E-state index < -0.39 is 0 Å². The molecule has 0 spiro atoms. The third-order valence-corrected chi connectivity index (χ3v) is 6.28. The fourth-order valence-corrected chi connectivity index (χ4v) is 4.87. The maximum atomic E-state index is 12.9. The van der Waals surface area contributed by atoms with Crippen LogP contribution >= 0.6 is 11.3 Å². The van der Waals surface area contributed by atoms with E-state index >= 15 is 0 Å². The molecule has 0 fully saturated rings. The first-order valence-electron chi connectivity index (χ1n) is 9.08. The van der Waals surface area contributed by atoms with Crippen LogP contribution in [0.15, 0.2) is 23.0 Å². The number of thiophene rings is 1. The quantitative estimate of drug-likeness (QED) is 0.728. The number of fused-ring (bicyclic) bond motifs is 3. The Morgan fingerprint density at radius 2 is 1.96 bits per heavy atom. The summed E-state index contributed by atoms with van der Waals surface area (Å²) in [6.07, 6.45) is 4.41. The van der Waals surface area contributed by atoms with E-state index in [4.69, 9.17) is 14.5 Å². The van der Waals surface area contributed by atoms with Crippen molar-refractivity contribution in [3.05, 3.63) is 44.6 Å². The molecule has 0 aliphatic heterocycles. The number of nitrogens with zero attached hydrogens (tertiary/aromatic N) is 2. The van der Waals surface area contributed by atoms with Crippen LogP contribution in [0.2, 0.25) is 0 Å². The molecule has 2 aromatic heterocycles. The number of aryl methyl sites for hydroxylation is 2. The highest BCUT2D eigenvalue weighted by Crippen LogP contribution is 2.34. The summed E-state index contributed by atoms with van der Waals surface area (Å²) in [4.78, 5) is 19.9. The van der Waals surface area contributed by atoms with Crippen LogP contribution in [0.3, 0.4) is 0 Å². The summed E-state index contributed by atoms with van der Waals surface area (Å²) in [5, 5.41) is 4.11. The number of aromatic nitrogens is 2. The zero-order valence-electron chi connectivity index (χ0n) is 15.8.